The Hall–Kier alpha value is -0.570. The molecule has 0 rings (SSSR count). The van der Waals surface area contributed by atoms with E-state index >= 15 is 0 Å². The first-order valence-electron chi connectivity index (χ1n) is 5.32. The van der Waals surface area contributed by atoms with Crippen LogP contribution in [0, 0.1) is 11.3 Å². The minimum absolute atomic E-state index is 0.164. The summed E-state index contributed by atoms with van der Waals surface area (Å²) in [6, 6.07) is 0.221. The number of carbonyl (C=O) groups excluding carboxylic acids is 1. The van der Waals surface area contributed by atoms with Crippen LogP contribution in [0.2, 0.25) is 0 Å². The van der Waals surface area contributed by atoms with Crippen LogP contribution in [0.4, 0.5) is 0 Å². The molecule has 0 bridgehead atoms. The number of nitrogens with one attached hydrogen (secondary N) is 1. The van der Waals surface area contributed by atoms with Gasteiger partial charge in [-0.3, -0.25) is 4.79 Å². The quantitative estimate of drug-likeness (QED) is 0.504. The van der Waals surface area contributed by atoms with Gasteiger partial charge in [0.15, 0.2) is 0 Å². The van der Waals surface area contributed by atoms with Crippen molar-refractivity contribution in [1.29, 1.82) is 0 Å². The maximum atomic E-state index is 10.0. The molecule has 0 fully saturated rings. The molecule has 0 aromatic heterocycles. The van der Waals surface area contributed by atoms with E-state index in [1.54, 1.807) is 0 Å². The number of hydrogen-bond acceptors (Lipinski definition) is 2. The molecule has 0 radical (unpaired) electrons. The molecule has 0 aromatic carbocycles. The molecule has 14 heavy (non-hydrogen) atoms. The van der Waals surface area contributed by atoms with Crippen LogP contribution in [0.1, 0.15) is 40.5 Å². The van der Waals surface area contributed by atoms with Crippen LogP contribution >= 0.6 is 0 Å². The zero-order valence-electron chi connectivity index (χ0n) is 9.84. The average Bonchev–Trinajstić information content (AvgIpc) is 2.09. The average molecular weight is 200 g/mol. The van der Waals surface area contributed by atoms with Gasteiger partial charge in [-0.05, 0) is 24.2 Å². The van der Waals surface area contributed by atoms with Crippen LogP contribution in [0.3, 0.4) is 0 Å². The highest BCUT2D eigenvalue weighted by Crippen LogP contribution is 2.25. The van der Waals surface area contributed by atoms with Gasteiger partial charge in [0.05, 0.1) is 0 Å². The van der Waals surface area contributed by atoms with Gasteiger partial charge >= 0.3 is 0 Å². The predicted octanol–water partition coefficient (Wildman–Crippen LogP) is 1.52. The zero-order chi connectivity index (χ0) is 11.2. The van der Waals surface area contributed by atoms with Crippen molar-refractivity contribution in [3.63, 3.8) is 0 Å². The third-order valence-electron chi connectivity index (χ3n) is 2.68. The second-order valence-electron chi connectivity index (χ2n) is 5.08. The second-order valence-corrected chi connectivity index (χ2v) is 5.08. The van der Waals surface area contributed by atoms with Gasteiger partial charge < -0.3 is 11.1 Å². The van der Waals surface area contributed by atoms with Gasteiger partial charge in [-0.2, -0.15) is 0 Å². The molecule has 0 aromatic rings. The third kappa shape index (κ3) is 5.22. The van der Waals surface area contributed by atoms with Crippen LogP contribution in [0.15, 0.2) is 0 Å². The molecule has 1 amide bonds. The summed E-state index contributed by atoms with van der Waals surface area (Å²) in [5.74, 6) is 0.503. The molecule has 0 aliphatic heterocycles. The van der Waals surface area contributed by atoms with E-state index in [1.807, 2.05) is 0 Å². The van der Waals surface area contributed by atoms with E-state index in [9.17, 15) is 4.79 Å². The summed E-state index contributed by atoms with van der Waals surface area (Å²) in [6.07, 6.45) is 2.82. The minimum Gasteiger partial charge on any atom is -0.359 e. The van der Waals surface area contributed by atoms with Crippen LogP contribution in [0.5, 0.6) is 0 Å². The molecule has 3 N–H and O–H groups in total. The molecular weight excluding hydrogens is 176 g/mol. The fourth-order valence-electron chi connectivity index (χ4n) is 1.62. The largest absolute Gasteiger partial charge is 0.359 e. The van der Waals surface area contributed by atoms with Crippen LogP contribution < -0.4 is 11.1 Å². The molecule has 0 aliphatic rings. The van der Waals surface area contributed by atoms with E-state index in [2.05, 4.69) is 33.0 Å². The van der Waals surface area contributed by atoms with E-state index in [1.165, 1.54) is 0 Å². The summed E-state index contributed by atoms with van der Waals surface area (Å²) in [5, 5.41) is 2.66. The monoisotopic (exact) mass is 200 g/mol. The van der Waals surface area contributed by atoms with Crippen molar-refractivity contribution in [2.24, 2.45) is 17.1 Å². The maximum Gasteiger partial charge on any atom is 0.207 e. The van der Waals surface area contributed by atoms with E-state index in [-0.39, 0.29) is 11.5 Å². The summed E-state index contributed by atoms with van der Waals surface area (Å²) in [6.45, 7) is 9.43. The first-order valence-corrected chi connectivity index (χ1v) is 5.32. The molecule has 0 heterocycles. The molecule has 3 nitrogen and oxygen atoms in total. The lowest BCUT2D eigenvalue weighted by atomic mass is 9.79. The van der Waals surface area contributed by atoms with Crippen LogP contribution in [0.25, 0.3) is 0 Å². The second kappa shape index (κ2) is 6.02. The molecule has 2 unspecified atom stereocenters. The van der Waals surface area contributed by atoms with Crippen molar-refractivity contribution < 1.29 is 4.79 Å². The van der Waals surface area contributed by atoms with Crippen LogP contribution in [-0.4, -0.2) is 19.0 Å². The van der Waals surface area contributed by atoms with Gasteiger partial charge in [-0.25, -0.2) is 0 Å². The Labute approximate surface area is 87.4 Å². The first-order chi connectivity index (χ1) is 6.39. The highest BCUT2D eigenvalue weighted by Gasteiger charge is 2.25. The molecule has 3 heteroatoms. The van der Waals surface area contributed by atoms with Crippen molar-refractivity contribution >= 4 is 6.41 Å². The molecule has 0 saturated carbocycles. The molecule has 0 aliphatic carbocycles. The van der Waals surface area contributed by atoms with E-state index in [0.717, 1.165) is 25.8 Å². The Kier molecular flexibility index (Phi) is 5.77. The summed E-state index contributed by atoms with van der Waals surface area (Å²) < 4.78 is 0. The topological polar surface area (TPSA) is 55.1 Å². The summed E-state index contributed by atoms with van der Waals surface area (Å²) in [5.41, 5.74) is 6.28. The van der Waals surface area contributed by atoms with Gasteiger partial charge in [-0.1, -0.05) is 27.7 Å². The highest BCUT2D eigenvalue weighted by atomic mass is 16.1. The van der Waals surface area contributed by atoms with Gasteiger partial charge in [0.2, 0.25) is 6.41 Å². The van der Waals surface area contributed by atoms with Gasteiger partial charge in [0.1, 0.15) is 0 Å². The van der Waals surface area contributed by atoms with Crippen molar-refractivity contribution in [3.8, 4) is 0 Å². The predicted molar refractivity (Wildman–Crippen MR) is 59.9 cm³/mol. The summed E-state index contributed by atoms with van der Waals surface area (Å²) in [4.78, 5) is 10.0. The molecule has 0 saturated heterocycles. The maximum absolute atomic E-state index is 10.0. The fraction of sp³-hybridized carbons (Fsp3) is 0.909. The Bertz CT molecular complexity index is 163. The van der Waals surface area contributed by atoms with Gasteiger partial charge in [-0.15, -0.1) is 0 Å². The standard InChI is InChI=1S/C11H24N2O/c1-9(6-5-7-13-8-14)10(12)11(2,3)4/h8-10H,5-7,12H2,1-4H3,(H,13,14). The van der Waals surface area contributed by atoms with Crippen molar-refractivity contribution in [3.05, 3.63) is 0 Å². The Morgan fingerprint density at radius 2 is 2.00 bits per heavy atom. The minimum atomic E-state index is 0.164. The summed E-state index contributed by atoms with van der Waals surface area (Å²) >= 11 is 0. The van der Waals surface area contributed by atoms with Gasteiger partial charge in [0, 0.05) is 12.6 Å². The van der Waals surface area contributed by atoms with Crippen molar-refractivity contribution in [2.45, 2.75) is 46.6 Å². The Balaban J connectivity index is 3.73. The SMILES string of the molecule is CC(CCCNC=O)C(N)C(C)(C)C. The lowest BCUT2D eigenvalue weighted by Crippen LogP contribution is -2.40. The first kappa shape index (κ1) is 13.4. The number of nitrogens with two attached hydrogens (primary N) is 1. The Morgan fingerprint density at radius 3 is 2.43 bits per heavy atom. The van der Waals surface area contributed by atoms with Crippen molar-refractivity contribution in [1.82, 2.24) is 5.32 Å². The molecule has 2 atom stereocenters. The van der Waals surface area contributed by atoms with Crippen LogP contribution in [-0.2, 0) is 4.79 Å². The molecule has 0 spiro atoms. The molecule has 84 valence electrons. The normalized spacial score (nSPS) is 16.1. The molecular formula is C11H24N2O. The summed E-state index contributed by atoms with van der Waals surface area (Å²) in [7, 11) is 0. The lowest BCUT2D eigenvalue weighted by Gasteiger charge is -2.32. The fourth-order valence-corrected chi connectivity index (χ4v) is 1.62. The van der Waals surface area contributed by atoms with Gasteiger partial charge in [0.25, 0.3) is 0 Å². The number of hydrogen-bond donors (Lipinski definition) is 2. The number of carbonyl (C=O) groups is 1. The smallest absolute Gasteiger partial charge is 0.207 e. The Morgan fingerprint density at radius 1 is 1.43 bits per heavy atom. The third-order valence-corrected chi connectivity index (χ3v) is 2.68. The van der Waals surface area contributed by atoms with E-state index in [4.69, 9.17) is 5.73 Å². The number of amides is 1. The highest BCUT2D eigenvalue weighted by molar-refractivity contribution is 5.45. The van der Waals surface area contributed by atoms with E-state index < -0.39 is 0 Å². The number of rotatable bonds is 6. The van der Waals surface area contributed by atoms with Crippen molar-refractivity contribution in [2.75, 3.05) is 6.54 Å². The lowest BCUT2D eigenvalue weighted by molar-refractivity contribution is -0.109. The van der Waals surface area contributed by atoms with E-state index in [0.29, 0.717) is 5.92 Å². The zero-order valence-corrected chi connectivity index (χ0v) is 9.84.